The van der Waals surface area contributed by atoms with Gasteiger partial charge in [-0.2, -0.15) is 5.26 Å². The van der Waals surface area contributed by atoms with Crippen molar-refractivity contribution in [1.29, 1.82) is 5.26 Å². The van der Waals surface area contributed by atoms with Crippen LogP contribution in [0.5, 0.6) is 0 Å². The topological polar surface area (TPSA) is 23.8 Å². The van der Waals surface area contributed by atoms with E-state index in [1.165, 1.54) is 17.7 Å². The van der Waals surface area contributed by atoms with Gasteiger partial charge >= 0.3 is 0 Å². The fourth-order valence-corrected chi connectivity index (χ4v) is 2.61. The average Bonchev–Trinajstić information content (AvgIpc) is 2.38. The number of rotatable bonds is 3. The van der Waals surface area contributed by atoms with Crippen molar-refractivity contribution < 1.29 is 4.39 Å². The van der Waals surface area contributed by atoms with E-state index in [1.807, 2.05) is 31.2 Å². The van der Waals surface area contributed by atoms with Crippen LogP contribution in [0, 0.1) is 24.1 Å². The van der Waals surface area contributed by atoms with Crippen LogP contribution in [0.1, 0.15) is 16.7 Å². The zero-order valence-electron chi connectivity index (χ0n) is 9.98. The van der Waals surface area contributed by atoms with E-state index in [0.717, 1.165) is 4.90 Å². The second-order valence-electron chi connectivity index (χ2n) is 4.02. The van der Waals surface area contributed by atoms with Gasteiger partial charge in [0.1, 0.15) is 5.82 Å². The smallest absolute Gasteiger partial charge is 0.127 e. The summed E-state index contributed by atoms with van der Waals surface area (Å²) in [5, 5.41) is 8.80. The maximum absolute atomic E-state index is 13.6. The van der Waals surface area contributed by atoms with Gasteiger partial charge in [0.05, 0.1) is 11.6 Å². The first-order valence-electron chi connectivity index (χ1n) is 5.57. The van der Waals surface area contributed by atoms with Gasteiger partial charge in [0, 0.05) is 10.6 Å². The third-order valence-corrected chi connectivity index (χ3v) is 3.60. The zero-order chi connectivity index (χ0) is 13.0. The molecule has 2 rings (SSSR count). The van der Waals surface area contributed by atoms with Crippen molar-refractivity contribution in [3.8, 4) is 6.07 Å². The molecule has 0 saturated heterocycles. The summed E-state index contributed by atoms with van der Waals surface area (Å²) in [4.78, 5) is 1.11. The van der Waals surface area contributed by atoms with E-state index >= 15 is 0 Å². The van der Waals surface area contributed by atoms with E-state index in [1.54, 1.807) is 17.8 Å². The second-order valence-corrected chi connectivity index (χ2v) is 5.07. The number of thioether (sulfide) groups is 1. The minimum absolute atomic E-state index is 0.255. The predicted molar refractivity (Wildman–Crippen MR) is 71.9 cm³/mol. The van der Waals surface area contributed by atoms with Gasteiger partial charge in [-0.25, -0.2) is 4.39 Å². The molecule has 0 N–H and O–H groups in total. The Balaban J connectivity index is 2.13. The van der Waals surface area contributed by atoms with Crippen LogP contribution in [-0.4, -0.2) is 0 Å². The van der Waals surface area contributed by atoms with Gasteiger partial charge < -0.3 is 0 Å². The average molecular weight is 257 g/mol. The van der Waals surface area contributed by atoms with E-state index in [-0.39, 0.29) is 5.82 Å². The number of benzene rings is 2. The third-order valence-electron chi connectivity index (χ3n) is 2.56. The van der Waals surface area contributed by atoms with Crippen molar-refractivity contribution >= 4 is 11.8 Å². The summed E-state index contributed by atoms with van der Waals surface area (Å²) in [7, 11) is 0. The summed E-state index contributed by atoms with van der Waals surface area (Å²) < 4.78 is 13.6. The molecule has 90 valence electrons. The van der Waals surface area contributed by atoms with Crippen molar-refractivity contribution in [2.24, 2.45) is 0 Å². The number of nitrogens with zero attached hydrogens (tertiary/aromatic N) is 1. The van der Waals surface area contributed by atoms with Crippen LogP contribution < -0.4 is 0 Å². The van der Waals surface area contributed by atoms with Gasteiger partial charge in [-0.3, -0.25) is 0 Å². The lowest BCUT2D eigenvalue weighted by Crippen LogP contribution is -1.89. The highest BCUT2D eigenvalue weighted by Gasteiger charge is 2.04. The Kier molecular flexibility index (Phi) is 4.01. The molecule has 0 aromatic heterocycles. The highest BCUT2D eigenvalue weighted by Crippen LogP contribution is 2.25. The minimum atomic E-state index is -0.255. The quantitative estimate of drug-likeness (QED) is 0.765. The van der Waals surface area contributed by atoms with E-state index in [2.05, 4.69) is 6.07 Å². The second kappa shape index (κ2) is 5.70. The fraction of sp³-hybridized carbons (Fsp3) is 0.133. The molecule has 2 aromatic rings. The van der Waals surface area contributed by atoms with Gasteiger partial charge in [-0.05, 0) is 42.8 Å². The largest absolute Gasteiger partial charge is 0.207 e. The van der Waals surface area contributed by atoms with Crippen molar-refractivity contribution in [2.45, 2.75) is 17.6 Å². The lowest BCUT2D eigenvalue weighted by molar-refractivity contribution is 0.617. The van der Waals surface area contributed by atoms with Crippen molar-refractivity contribution in [3.63, 3.8) is 0 Å². The number of nitriles is 1. The van der Waals surface area contributed by atoms with E-state index < -0.39 is 0 Å². The van der Waals surface area contributed by atoms with Crippen LogP contribution in [0.2, 0.25) is 0 Å². The first-order chi connectivity index (χ1) is 8.69. The molecule has 0 aliphatic rings. The molecule has 0 heterocycles. The number of hydrogen-bond donors (Lipinski definition) is 0. The van der Waals surface area contributed by atoms with Crippen LogP contribution in [0.3, 0.4) is 0 Å². The first-order valence-corrected chi connectivity index (χ1v) is 6.55. The fourth-order valence-electron chi connectivity index (χ4n) is 1.62. The van der Waals surface area contributed by atoms with Crippen LogP contribution in [0.15, 0.2) is 47.4 Å². The van der Waals surface area contributed by atoms with E-state index in [4.69, 9.17) is 5.26 Å². The molecular formula is C15H12FNS. The molecule has 0 atom stereocenters. The van der Waals surface area contributed by atoms with Gasteiger partial charge in [-0.1, -0.05) is 17.7 Å². The summed E-state index contributed by atoms with van der Waals surface area (Å²) in [6.07, 6.45) is 0. The Morgan fingerprint density at radius 2 is 2.06 bits per heavy atom. The maximum Gasteiger partial charge on any atom is 0.127 e. The van der Waals surface area contributed by atoms with Crippen LogP contribution in [0.4, 0.5) is 4.39 Å². The molecule has 0 aliphatic heterocycles. The van der Waals surface area contributed by atoms with Crippen LogP contribution in [0.25, 0.3) is 0 Å². The normalized spacial score (nSPS) is 10.1. The van der Waals surface area contributed by atoms with E-state index in [9.17, 15) is 4.39 Å². The summed E-state index contributed by atoms with van der Waals surface area (Å²) in [5.41, 5.74) is 2.25. The SMILES string of the molecule is Cc1cccc(SCc2cc(C#N)ccc2F)c1. The lowest BCUT2D eigenvalue weighted by Gasteiger charge is -2.04. The van der Waals surface area contributed by atoms with Gasteiger partial charge in [-0.15, -0.1) is 11.8 Å². The molecular weight excluding hydrogens is 245 g/mol. The summed E-state index contributed by atoms with van der Waals surface area (Å²) in [5.74, 6) is 0.277. The molecule has 3 heteroatoms. The molecule has 0 bridgehead atoms. The Morgan fingerprint density at radius 3 is 2.78 bits per heavy atom. The molecule has 0 unspecified atom stereocenters. The highest BCUT2D eigenvalue weighted by atomic mass is 32.2. The summed E-state index contributed by atoms with van der Waals surface area (Å²) >= 11 is 1.57. The van der Waals surface area contributed by atoms with Crippen LogP contribution >= 0.6 is 11.8 Å². The van der Waals surface area contributed by atoms with Gasteiger partial charge in [0.2, 0.25) is 0 Å². The minimum Gasteiger partial charge on any atom is -0.207 e. The van der Waals surface area contributed by atoms with E-state index in [0.29, 0.717) is 16.9 Å². The lowest BCUT2D eigenvalue weighted by atomic mass is 10.1. The number of halogens is 1. The third kappa shape index (κ3) is 3.12. The van der Waals surface area contributed by atoms with Crippen molar-refractivity contribution in [3.05, 3.63) is 65.0 Å². The molecule has 1 nitrogen and oxygen atoms in total. The van der Waals surface area contributed by atoms with Crippen LogP contribution in [-0.2, 0) is 5.75 Å². The predicted octanol–water partition coefficient (Wildman–Crippen LogP) is 4.30. The van der Waals surface area contributed by atoms with Gasteiger partial charge in [0.25, 0.3) is 0 Å². The Morgan fingerprint density at radius 1 is 1.22 bits per heavy atom. The summed E-state index contributed by atoms with van der Waals surface area (Å²) in [6, 6.07) is 14.6. The molecule has 18 heavy (non-hydrogen) atoms. The van der Waals surface area contributed by atoms with Gasteiger partial charge in [0.15, 0.2) is 0 Å². The monoisotopic (exact) mass is 257 g/mol. The molecule has 0 saturated carbocycles. The van der Waals surface area contributed by atoms with Crippen molar-refractivity contribution in [2.75, 3.05) is 0 Å². The highest BCUT2D eigenvalue weighted by molar-refractivity contribution is 7.98. The molecule has 0 amide bonds. The maximum atomic E-state index is 13.6. The Hall–Kier alpha value is -1.79. The van der Waals surface area contributed by atoms with Crippen molar-refractivity contribution in [1.82, 2.24) is 0 Å². The summed E-state index contributed by atoms with van der Waals surface area (Å²) in [6.45, 7) is 2.03. The Labute approximate surface area is 110 Å². The molecule has 2 aromatic carbocycles. The standard InChI is InChI=1S/C15H12FNS/c1-11-3-2-4-14(7-11)18-10-13-8-12(9-17)5-6-15(13)16/h2-8H,10H2,1H3. The number of hydrogen-bond acceptors (Lipinski definition) is 2. The molecule has 0 spiro atoms. The number of aryl methyl sites for hydroxylation is 1. The molecule has 0 radical (unpaired) electrons. The zero-order valence-corrected chi connectivity index (χ0v) is 10.8. The molecule has 0 aliphatic carbocycles. The first kappa shape index (κ1) is 12.7. The molecule has 0 fully saturated rings. The Bertz CT molecular complexity index is 602.